The van der Waals surface area contributed by atoms with Gasteiger partial charge in [-0.05, 0) is 20.8 Å². The van der Waals surface area contributed by atoms with Crippen LogP contribution < -0.4 is 0 Å². The maximum absolute atomic E-state index is 11.9. The van der Waals surface area contributed by atoms with Crippen molar-refractivity contribution in [2.24, 2.45) is 0 Å². The number of rotatable bonds is 2. The summed E-state index contributed by atoms with van der Waals surface area (Å²) in [7, 11) is 0. The van der Waals surface area contributed by atoms with Crippen LogP contribution in [0.3, 0.4) is 0 Å². The topological polar surface area (TPSA) is 45.3 Å². The number of hydrogen-bond donors (Lipinski definition) is 0. The molecule has 0 spiro atoms. The van der Waals surface area contributed by atoms with Crippen molar-refractivity contribution < 1.29 is 14.3 Å². The van der Waals surface area contributed by atoms with Crippen LogP contribution in [0.5, 0.6) is 0 Å². The minimum atomic E-state index is -0.429. The molecule has 2 rings (SSSR count). The second-order valence-electron chi connectivity index (χ2n) is 5.73. The van der Waals surface area contributed by atoms with E-state index in [1.165, 1.54) is 0 Å². The van der Waals surface area contributed by atoms with Crippen molar-refractivity contribution in [1.82, 2.24) is 9.80 Å². The summed E-state index contributed by atoms with van der Waals surface area (Å²) in [6, 6.07) is 0. The summed E-state index contributed by atoms with van der Waals surface area (Å²) in [6.45, 7) is 12.4. The summed E-state index contributed by atoms with van der Waals surface area (Å²) < 4.78 is 10.8. The molecule has 102 valence electrons. The Morgan fingerprint density at radius 2 is 1.94 bits per heavy atom. The fourth-order valence-corrected chi connectivity index (χ4v) is 2.07. The molecule has 5 nitrogen and oxygen atoms in total. The van der Waals surface area contributed by atoms with E-state index in [-0.39, 0.29) is 18.4 Å². The molecule has 1 amide bonds. The van der Waals surface area contributed by atoms with Crippen LogP contribution in [0.4, 0.5) is 4.79 Å². The largest absolute Gasteiger partial charge is 0.444 e. The van der Waals surface area contributed by atoms with Gasteiger partial charge in [-0.1, -0.05) is 6.08 Å². The minimum absolute atomic E-state index is 0.165. The van der Waals surface area contributed by atoms with Gasteiger partial charge in [0, 0.05) is 26.2 Å². The Bertz CT molecular complexity index is 330. The van der Waals surface area contributed by atoms with Crippen LogP contribution in [0.15, 0.2) is 12.7 Å². The predicted molar refractivity (Wildman–Crippen MR) is 68.2 cm³/mol. The molecule has 2 fully saturated rings. The third kappa shape index (κ3) is 3.23. The first kappa shape index (κ1) is 13.4. The van der Waals surface area contributed by atoms with Crippen LogP contribution in [0.1, 0.15) is 20.8 Å². The number of nitrogens with zero attached hydrogens (tertiary/aromatic N) is 2. The smallest absolute Gasteiger partial charge is 0.410 e. The van der Waals surface area contributed by atoms with Crippen molar-refractivity contribution in [3.63, 3.8) is 0 Å². The van der Waals surface area contributed by atoms with Gasteiger partial charge < -0.3 is 14.4 Å². The van der Waals surface area contributed by atoms with Gasteiger partial charge in [-0.2, -0.15) is 0 Å². The maximum Gasteiger partial charge on any atom is 0.410 e. The summed E-state index contributed by atoms with van der Waals surface area (Å²) in [5.41, 5.74) is -0.429. The van der Waals surface area contributed by atoms with Crippen LogP contribution in [0.25, 0.3) is 0 Å². The SMILES string of the molecule is C=CC1OC1N1CCN(C(=O)OC(C)(C)C)CC1. The zero-order chi connectivity index (χ0) is 13.3. The average Bonchev–Trinajstić information content (AvgIpc) is 3.06. The van der Waals surface area contributed by atoms with Gasteiger partial charge in [0.1, 0.15) is 17.9 Å². The van der Waals surface area contributed by atoms with E-state index in [1.807, 2.05) is 26.8 Å². The molecular weight excluding hydrogens is 232 g/mol. The third-order valence-electron chi connectivity index (χ3n) is 3.06. The molecule has 0 aromatic rings. The van der Waals surface area contributed by atoms with Crippen LogP contribution in [0.2, 0.25) is 0 Å². The average molecular weight is 254 g/mol. The number of piperazine rings is 1. The zero-order valence-corrected chi connectivity index (χ0v) is 11.4. The van der Waals surface area contributed by atoms with Crippen molar-refractivity contribution in [2.75, 3.05) is 26.2 Å². The molecule has 2 saturated heterocycles. The highest BCUT2D eigenvalue weighted by Gasteiger charge is 2.42. The van der Waals surface area contributed by atoms with Crippen LogP contribution in [-0.2, 0) is 9.47 Å². The normalized spacial score (nSPS) is 28.9. The lowest BCUT2D eigenvalue weighted by Gasteiger charge is -2.34. The van der Waals surface area contributed by atoms with E-state index >= 15 is 0 Å². The van der Waals surface area contributed by atoms with Crippen molar-refractivity contribution in [1.29, 1.82) is 0 Å². The minimum Gasteiger partial charge on any atom is -0.444 e. The number of carbonyl (C=O) groups is 1. The molecule has 2 aliphatic rings. The first-order chi connectivity index (χ1) is 8.40. The maximum atomic E-state index is 11.9. The molecule has 2 atom stereocenters. The Kier molecular flexibility index (Phi) is 3.64. The molecule has 0 radical (unpaired) electrons. The van der Waals surface area contributed by atoms with Gasteiger partial charge in [0.25, 0.3) is 0 Å². The molecule has 2 heterocycles. The standard InChI is InChI=1S/C13H22N2O3/c1-5-10-11(17-10)14-6-8-15(9-7-14)12(16)18-13(2,3)4/h5,10-11H,1,6-9H2,2-4H3. The highest BCUT2D eigenvalue weighted by atomic mass is 16.6. The number of hydrogen-bond acceptors (Lipinski definition) is 4. The summed E-state index contributed by atoms with van der Waals surface area (Å²) >= 11 is 0. The first-order valence-electron chi connectivity index (χ1n) is 6.41. The molecule has 18 heavy (non-hydrogen) atoms. The third-order valence-corrected chi connectivity index (χ3v) is 3.06. The molecule has 0 aliphatic carbocycles. The van der Waals surface area contributed by atoms with Gasteiger partial charge in [-0.25, -0.2) is 4.79 Å². The molecule has 0 aromatic carbocycles. The van der Waals surface area contributed by atoms with E-state index in [9.17, 15) is 4.79 Å². The summed E-state index contributed by atoms with van der Waals surface area (Å²) in [4.78, 5) is 15.9. The molecule has 2 unspecified atom stereocenters. The molecule has 0 N–H and O–H groups in total. The van der Waals surface area contributed by atoms with Crippen molar-refractivity contribution >= 4 is 6.09 Å². The molecule has 0 aromatic heterocycles. The second kappa shape index (κ2) is 4.90. The highest BCUT2D eigenvalue weighted by molar-refractivity contribution is 5.68. The zero-order valence-electron chi connectivity index (χ0n) is 11.4. The van der Waals surface area contributed by atoms with Gasteiger partial charge in [-0.3, -0.25) is 4.90 Å². The lowest BCUT2D eigenvalue weighted by atomic mass is 10.2. The monoisotopic (exact) mass is 254 g/mol. The first-order valence-corrected chi connectivity index (χ1v) is 6.41. The van der Waals surface area contributed by atoms with E-state index in [0.29, 0.717) is 13.1 Å². The fourth-order valence-electron chi connectivity index (χ4n) is 2.07. The summed E-state index contributed by atoms with van der Waals surface area (Å²) in [5, 5.41) is 0. The molecule has 5 heteroatoms. The molecule has 2 aliphatic heterocycles. The number of ether oxygens (including phenoxy) is 2. The quantitative estimate of drug-likeness (QED) is 0.552. The fraction of sp³-hybridized carbons (Fsp3) is 0.769. The Morgan fingerprint density at radius 1 is 1.33 bits per heavy atom. The lowest BCUT2D eigenvalue weighted by Crippen LogP contribution is -2.51. The Labute approximate surface area is 108 Å². The van der Waals surface area contributed by atoms with Crippen molar-refractivity contribution in [3.05, 3.63) is 12.7 Å². The van der Waals surface area contributed by atoms with Gasteiger partial charge in [0.2, 0.25) is 0 Å². The van der Waals surface area contributed by atoms with Crippen LogP contribution in [-0.4, -0.2) is 60.0 Å². The second-order valence-corrected chi connectivity index (χ2v) is 5.73. The van der Waals surface area contributed by atoms with Gasteiger partial charge >= 0.3 is 6.09 Å². The lowest BCUT2D eigenvalue weighted by molar-refractivity contribution is 0.0102. The predicted octanol–water partition coefficient (Wildman–Crippen LogP) is 1.45. The van der Waals surface area contributed by atoms with Crippen LogP contribution in [0, 0.1) is 0 Å². The van der Waals surface area contributed by atoms with Gasteiger partial charge in [0.15, 0.2) is 0 Å². The Morgan fingerprint density at radius 3 is 2.39 bits per heavy atom. The van der Waals surface area contributed by atoms with E-state index in [0.717, 1.165) is 13.1 Å². The molecular formula is C13H22N2O3. The summed E-state index contributed by atoms with van der Waals surface area (Å²) in [5.74, 6) is 0. The molecule has 0 bridgehead atoms. The van der Waals surface area contributed by atoms with E-state index in [2.05, 4.69) is 11.5 Å². The van der Waals surface area contributed by atoms with Gasteiger partial charge in [0.05, 0.1) is 0 Å². The number of amides is 1. The van der Waals surface area contributed by atoms with Crippen molar-refractivity contribution in [2.45, 2.75) is 38.7 Å². The Balaban J connectivity index is 1.76. The number of carbonyl (C=O) groups excluding carboxylic acids is 1. The van der Waals surface area contributed by atoms with Gasteiger partial charge in [-0.15, -0.1) is 6.58 Å². The van der Waals surface area contributed by atoms with E-state index in [1.54, 1.807) is 4.90 Å². The number of epoxide rings is 1. The van der Waals surface area contributed by atoms with Crippen LogP contribution >= 0.6 is 0 Å². The highest BCUT2D eigenvalue weighted by Crippen LogP contribution is 2.27. The van der Waals surface area contributed by atoms with Crippen molar-refractivity contribution in [3.8, 4) is 0 Å². The molecule has 0 saturated carbocycles. The summed E-state index contributed by atoms with van der Waals surface area (Å²) in [6.07, 6.45) is 1.94. The Hall–Kier alpha value is -1.07. The van der Waals surface area contributed by atoms with E-state index < -0.39 is 5.60 Å². The van der Waals surface area contributed by atoms with E-state index in [4.69, 9.17) is 9.47 Å².